The van der Waals surface area contributed by atoms with Gasteiger partial charge in [0.25, 0.3) is 0 Å². The van der Waals surface area contributed by atoms with Gasteiger partial charge in [-0.15, -0.1) is 8.78 Å². The van der Waals surface area contributed by atoms with Gasteiger partial charge in [-0.2, -0.15) is 0 Å². The molecule has 46 valence electrons. The van der Waals surface area contributed by atoms with Crippen LogP contribution in [0.1, 0.15) is 0 Å². The molecule has 0 bridgehead atoms. The van der Waals surface area contributed by atoms with E-state index in [1.54, 1.807) is 0 Å². The lowest BCUT2D eigenvalue weighted by molar-refractivity contribution is -0.333. The van der Waals surface area contributed by atoms with Crippen LogP contribution in [0.3, 0.4) is 0 Å². The highest BCUT2D eigenvalue weighted by molar-refractivity contribution is 4.86. The monoisotopic (exact) mass is 122 g/mol. The van der Waals surface area contributed by atoms with Crippen molar-refractivity contribution in [3.8, 4) is 0 Å². The van der Waals surface area contributed by atoms with Crippen LogP contribution >= 0.6 is 0 Å². The molecule has 8 heavy (non-hydrogen) atoms. The molecule has 0 aliphatic carbocycles. The molecule has 0 unspecified atom stereocenters. The van der Waals surface area contributed by atoms with Crippen LogP contribution in [0.25, 0.3) is 0 Å². The summed E-state index contributed by atoms with van der Waals surface area (Å²) in [6.45, 7) is 2.91. The van der Waals surface area contributed by atoms with Gasteiger partial charge in [-0.1, -0.05) is 6.58 Å². The van der Waals surface area contributed by atoms with Gasteiger partial charge in [0.1, 0.15) is 12.4 Å². The van der Waals surface area contributed by atoms with Crippen LogP contribution < -0.4 is 0 Å². The van der Waals surface area contributed by atoms with Crippen LogP contribution in [-0.4, -0.2) is 12.9 Å². The van der Waals surface area contributed by atoms with Crippen molar-refractivity contribution in [1.82, 2.24) is 0 Å². The highest BCUT2D eigenvalue weighted by atomic mass is 19.3. The zero-order valence-corrected chi connectivity index (χ0v) is 3.99. The second-order valence-electron chi connectivity index (χ2n) is 1.39. The first-order chi connectivity index (χ1) is 3.60. The normalized spacial score (nSPS) is 25.5. The summed E-state index contributed by atoms with van der Waals surface area (Å²) >= 11 is 0. The molecule has 0 aromatic heterocycles. The molecule has 1 rings (SSSR count). The molecule has 0 atom stereocenters. The maximum atomic E-state index is 11.7. The minimum absolute atomic E-state index is 0.0324. The quantitative estimate of drug-likeness (QED) is 0.479. The second-order valence-corrected chi connectivity index (χ2v) is 1.39. The van der Waals surface area contributed by atoms with Gasteiger partial charge in [0.2, 0.25) is 0 Å². The molecule has 0 radical (unpaired) electrons. The van der Waals surface area contributed by atoms with Gasteiger partial charge in [0.15, 0.2) is 0 Å². The Labute approximate surface area is 44.7 Å². The molecule has 0 saturated carbocycles. The first-order valence-electron chi connectivity index (χ1n) is 1.99. The molecule has 0 amide bonds. The van der Waals surface area contributed by atoms with Gasteiger partial charge in [0, 0.05) is 0 Å². The fourth-order valence-electron chi connectivity index (χ4n) is 0.391. The molecule has 0 N–H and O–H groups in total. The summed E-state index contributed by atoms with van der Waals surface area (Å²) in [5.74, 6) is -0.0324. The molecular formula is C4H4F2O2. The van der Waals surface area contributed by atoms with E-state index in [4.69, 9.17) is 0 Å². The Kier molecular flexibility index (Phi) is 0.973. The summed E-state index contributed by atoms with van der Waals surface area (Å²) in [5.41, 5.74) is 0. The second kappa shape index (κ2) is 1.42. The van der Waals surface area contributed by atoms with Gasteiger partial charge in [0.05, 0.1) is 0 Å². The molecular weight excluding hydrogens is 118 g/mol. The minimum Gasteiger partial charge on any atom is -0.412 e. The van der Waals surface area contributed by atoms with Gasteiger partial charge < -0.3 is 4.74 Å². The van der Waals surface area contributed by atoms with E-state index < -0.39 is 6.29 Å². The van der Waals surface area contributed by atoms with E-state index in [9.17, 15) is 8.78 Å². The van der Waals surface area contributed by atoms with Crippen LogP contribution in [0.4, 0.5) is 8.78 Å². The predicted molar refractivity (Wildman–Crippen MR) is 21.1 cm³/mol. The molecule has 0 aromatic carbocycles. The predicted octanol–water partition coefficient (Wildman–Crippen LogP) is 1.10. The van der Waals surface area contributed by atoms with Gasteiger partial charge in [-0.05, 0) is 0 Å². The summed E-state index contributed by atoms with van der Waals surface area (Å²) in [5, 5.41) is 0. The van der Waals surface area contributed by atoms with E-state index in [-0.39, 0.29) is 12.4 Å². The number of hydrogen-bond acceptors (Lipinski definition) is 2. The zero-order valence-electron chi connectivity index (χ0n) is 3.99. The summed E-state index contributed by atoms with van der Waals surface area (Å²) < 4.78 is 31.0. The average Bonchev–Trinajstić information content (AvgIpc) is 1.82. The Hall–Kier alpha value is -0.640. The highest BCUT2D eigenvalue weighted by Gasteiger charge is 2.39. The maximum absolute atomic E-state index is 11.7. The first kappa shape index (κ1) is 5.50. The lowest BCUT2D eigenvalue weighted by Crippen LogP contribution is -2.14. The van der Waals surface area contributed by atoms with E-state index >= 15 is 0 Å². The minimum atomic E-state index is -3.43. The molecule has 4 heteroatoms. The molecule has 1 aliphatic rings. The van der Waals surface area contributed by atoms with E-state index in [2.05, 4.69) is 16.1 Å². The largest absolute Gasteiger partial charge is 0.535 e. The van der Waals surface area contributed by atoms with Crippen LogP contribution in [0.5, 0.6) is 0 Å². The van der Waals surface area contributed by atoms with E-state index in [0.717, 1.165) is 0 Å². The number of halogens is 2. The van der Waals surface area contributed by atoms with Crippen LogP contribution in [0.15, 0.2) is 12.3 Å². The molecule has 1 saturated heterocycles. The third-order valence-corrected chi connectivity index (χ3v) is 0.664. The topological polar surface area (TPSA) is 18.5 Å². The Bertz CT molecular complexity index is 121. The third kappa shape index (κ3) is 0.949. The van der Waals surface area contributed by atoms with Crippen molar-refractivity contribution >= 4 is 0 Å². The number of hydrogen-bond donors (Lipinski definition) is 0. The first-order valence-corrected chi connectivity index (χ1v) is 1.99. The lowest BCUT2D eigenvalue weighted by atomic mass is 10.6. The fraction of sp³-hybridized carbons (Fsp3) is 0.500. The Morgan fingerprint density at radius 2 is 2.25 bits per heavy atom. The molecule has 1 heterocycles. The molecule has 2 nitrogen and oxygen atoms in total. The van der Waals surface area contributed by atoms with Crippen molar-refractivity contribution in [2.45, 2.75) is 6.29 Å². The third-order valence-electron chi connectivity index (χ3n) is 0.664. The Morgan fingerprint density at radius 3 is 2.38 bits per heavy atom. The van der Waals surface area contributed by atoms with E-state index in [1.165, 1.54) is 0 Å². The molecule has 0 aromatic rings. The fourth-order valence-corrected chi connectivity index (χ4v) is 0.391. The van der Waals surface area contributed by atoms with E-state index in [1.807, 2.05) is 0 Å². The van der Waals surface area contributed by atoms with Crippen LogP contribution in [-0.2, 0) is 9.47 Å². The lowest BCUT2D eigenvalue weighted by Gasteiger charge is -2.02. The summed E-state index contributed by atoms with van der Waals surface area (Å²) in [6, 6.07) is 0. The molecule has 1 fully saturated rings. The number of rotatable bonds is 0. The van der Waals surface area contributed by atoms with Gasteiger partial charge >= 0.3 is 6.29 Å². The van der Waals surface area contributed by atoms with Crippen molar-refractivity contribution in [2.24, 2.45) is 0 Å². The summed E-state index contributed by atoms with van der Waals surface area (Å²) in [6.07, 6.45) is -3.43. The van der Waals surface area contributed by atoms with Crippen molar-refractivity contribution in [2.75, 3.05) is 6.61 Å². The van der Waals surface area contributed by atoms with Crippen molar-refractivity contribution < 1.29 is 18.3 Å². The van der Waals surface area contributed by atoms with Crippen molar-refractivity contribution in [1.29, 1.82) is 0 Å². The van der Waals surface area contributed by atoms with Crippen molar-refractivity contribution in [3.63, 3.8) is 0 Å². The smallest absolute Gasteiger partial charge is 0.412 e. The SMILES string of the molecule is C=C1COC(F)(F)O1. The average molecular weight is 122 g/mol. The van der Waals surface area contributed by atoms with Crippen molar-refractivity contribution in [3.05, 3.63) is 12.3 Å². The molecule has 1 aliphatic heterocycles. The van der Waals surface area contributed by atoms with Crippen LogP contribution in [0.2, 0.25) is 0 Å². The Balaban J connectivity index is 2.56. The number of ether oxygens (including phenoxy) is 2. The highest BCUT2D eigenvalue weighted by Crippen LogP contribution is 2.27. The Morgan fingerprint density at radius 1 is 1.62 bits per heavy atom. The van der Waals surface area contributed by atoms with E-state index in [0.29, 0.717) is 0 Å². The summed E-state index contributed by atoms with van der Waals surface area (Å²) in [4.78, 5) is 0. The summed E-state index contributed by atoms with van der Waals surface area (Å²) in [7, 11) is 0. The van der Waals surface area contributed by atoms with Crippen LogP contribution in [0, 0.1) is 0 Å². The maximum Gasteiger partial charge on any atom is 0.535 e. The van der Waals surface area contributed by atoms with Gasteiger partial charge in [-0.25, -0.2) is 0 Å². The zero-order chi connectivity index (χ0) is 6.20. The van der Waals surface area contributed by atoms with Gasteiger partial charge in [-0.3, -0.25) is 4.74 Å². The number of alkyl halides is 2. The standard InChI is InChI=1S/C4H4F2O2/c1-3-2-7-4(5,6)8-3/h1-2H2. The molecule has 0 spiro atoms.